The zero-order chi connectivity index (χ0) is 32.7. The molecule has 7 heterocycles. The zero-order valence-electron chi connectivity index (χ0n) is 22.6. The monoisotopic (exact) mass is 851 g/mol. The third-order valence-corrected chi connectivity index (χ3v) is 12.9. The lowest BCUT2D eigenvalue weighted by Crippen LogP contribution is -2.34. The first kappa shape index (κ1) is 32.8. The Morgan fingerprint density at radius 3 is 2.41 bits per heavy atom. The van der Waals surface area contributed by atoms with Crippen LogP contribution in [0, 0.1) is 0 Å². The van der Waals surface area contributed by atoms with Crippen molar-refractivity contribution in [2.75, 3.05) is 24.7 Å². The molecule has 46 heavy (non-hydrogen) atoms. The second-order valence-electron chi connectivity index (χ2n) is 10.1. The number of imidazole rings is 1. The van der Waals surface area contributed by atoms with Crippen molar-refractivity contribution < 1.29 is 41.1 Å². The summed E-state index contributed by atoms with van der Waals surface area (Å²) >= 11 is 10.7. The molecule has 3 fully saturated rings. The Labute approximate surface area is 283 Å². The van der Waals surface area contributed by atoms with Crippen LogP contribution in [-0.2, 0) is 36.7 Å². The fourth-order valence-electron chi connectivity index (χ4n) is 5.26. The van der Waals surface area contributed by atoms with Crippen molar-refractivity contribution in [1.82, 2.24) is 34.1 Å². The van der Waals surface area contributed by atoms with Crippen LogP contribution in [0.4, 0.5) is 16.2 Å². The Morgan fingerprint density at radius 1 is 1.00 bits per heavy atom. The molecule has 3 aliphatic rings. The number of alkyl halides is 2. The van der Waals surface area contributed by atoms with E-state index in [1.165, 1.54) is 10.9 Å². The highest BCUT2D eigenvalue weighted by Gasteiger charge is 2.54. The van der Waals surface area contributed by atoms with E-state index < -0.39 is 84.2 Å². The van der Waals surface area contributed by atoms with Crippen LogP contribution < -0.4 is 21.9 Å². The molecule has 4 aromatic heterocycles. The van der Waals surface area contributed by atoms with Gasteiger partial charge in [-0.1, -0.05) is 58.4 Å². The van der Waals surface area contributed by atoms with Gasteiger partial charge in [0, 0.05) is 0 Å². The van der Waals surface area contributed by atoms with Crippen LogP contribution in [0.3, 0.4) is 0 Å². The molecule has 4 aromatic rings. The number of aromatic amines is 1. The molecule has 2 unspecified atom stereocenters. The van der Waals surface area contributed by atoms with Crippen LogP contribution in [0.25, 0.3) is 21.5 Å². The van der Waals surface area contributed by atoms with Crippen molar-refractivity contribution in [2.45, 2.75) is 47.0 Å². The number of hydrogen-bond donors (Lipinski definition) is 5. The smallest absolute Gasteiger partial charge is 0.382 e. The molecule has 0 aliphatic carbocycles. The number of H-pyrrole nitrogens is 1. The Kier molecular flexibility index (Phi) is 8.57. The largest absolute Gasteiger partial charge is 0.386 e. The minimum atomic E-state index is -4.36. The first-order valence-corrected chi connectivity index (χ1v) is 20.4. The van der Waals surface area contributed by atoms with E-state index in [9.17, 15) is 18.7 Å². The second-order valence-corrected chi connectivity index (χ2v) is 18.3. The molecule has 5 N–H and O–H groups in total. The number of nitrogens with one attached hydrogen (secondary N) is 1. The van der Waals surface area contributed by atoms with Crippen molar-refractivity contribution >= 4 is 105 Å². The van der Waals surface area contributed by atoms with Crippen LogP contribution in [0.1, 0.15) is 12.5 Å². The van der Waals surface area contributed by atoms with Crippen molar-refractivity contribution in [2.24, 2.45) is 0 Å². The van der Waals surface area contributed by atoms with Crippen molar-refractivity contribution in [3.05, 3.63) is 32.7 Å². The molecule has 7 rings (SSSR count). The predicted octanol–water partition coefficient (Wildman–Crippen LogP) is 1.98. The number of thiol groups is 2. The fourth-order valence-corrected chi connectivity index (χ4v) is 10.2. The van der Waals surface area contributed by atoms with Gasteiger partial charge in [-0.25, -0.2) is 28.5 Å². The molecular weight excluding hydrogens is 830 g/mol. The zero-order valence-corrected chi connectivity index (χ0v) is 29.1. The lowest BCUT2D eigenvalue weighted by molar-refractivity contribution is -0.0565. The van der Waals surface area contributed by atoms with E-state index in [0.29, 0.717) is 11.3 Å². The Morgan fingerprint density at radius 2 is 1.67 bits per heavy atom. The maximum atomic E-state index is 16.0. The van der Waals surface area contributed by atoms with Crippen LogP contribution in [-0.4, -0.2) is 81.8 Å². The third kappa shape index (κ3) is 5.82. The second kappa shape index (κ2) is 12.0. The summed E-state index contributed by atoms with van der Waals surface area (Å²) in [7, 11) is 0. The highest BCUT2D eigenvalue weighted by molar-refractivity contribution is 14.1. The van der Waals surface area contributed by atoms with Gasteiger partial charge >= 0.3 is 18.5 Å². The van der Waals surface area contributed by atoms with Gasteiger partial charge in [-0.05, 0) is 0 Å². The maximum Gasteiger partial charge on any atom is 0.386 e. The van der Waals surface area contributed by atoms with Gasteiger partial charge in [0.05, 0.1) is 29.6 Å². The lowest BCUT2D eigenvalue weighted by atomic mass is 10.1. The number of thiazole rings is 1. The third-order valence-electron chi connectivity index (χ3n) is 7.25. The summed E-state index contributed by atoms with van der Waals surface area (Å²) in [4.78, 5) is 43.4. The number of ether oxygens (including phenoxy) is 2. The van der Waals surface area contributed by atoms with Crippen LogP contribution in [0.5, 0.6) is 0 Å². The van der Waals surface area contributed by atoms with Gasteiger partial charge in [-0.2, -0.15) is 4.98 Å². The normalized spacial score (nSPS) is 37.1. The van der Waals surface area contributed by atoms with E-state index in [1.54, 1.807) is 0 Å². The Bertz CT molecular complexity index is 2070. The van der Waals surface area contributed by atoms with Gasteiger partial charge in [0.2, 0.25) is 5.95 Å². The molecule has 3 saturated heterocycles. The predicted molar refractivity (Wildman–Crippen MR) is 174 cm³/mol. The van der Waals surface area contributed by atoms with E-state index >= 15 is 4.39 Å². The number of aromatic nitrogens is 7. The summed E-state index contributed by atoms with van der Waals surface area (Å²) < 4.78 is 79.0. The van der Waals surface area contributed by atoms with E-state index in [4.69, 9.17) is 39.0 Å². The number of nitrogen functional groups attached to an aromatic ring is 2. The van der Waals surface area contributed by atoms with Crippen LogP contribution in [0.2, 0.25) is 0 Å². The SMILES string of the molecule is Nc1nc2c(sc(=O)n2[C@@H]2O[C@@H]3CO[P@](=O)(S)OC4[C@@H](F)[C@H](n5cnc6c(N)ncnc65)O[C@@H]4CO[P@](=O)(S)O[C@@H]2C3I)c(=O)[nH]1. The van der Waals surface area contributed by atoms with Gasteiger partial charge in [-0.3, -0.25) is 41.8 Å². The van der Waals surface area contributed by atoms with E-state index in [2.05, 4.69) is 49.4 Å². The molecule has 0 spiro atoms. The number of halogens is 2. The average Bonchev–Trinajstić information content (AvgIpc) is 3.71. The number of nitrogens with two attached hydrogens (primary N) is 2. The highest BCUT2D eigenvalue weighted by Crippen LogP contribution is 2.61. The van der Waals surface area contributed by atoms with Gasteiger partial charge in [0.25, 0.3) is 5.56 Å². The van der Waals surface area contributed by atoms with Crippen molar-refractivity contribution in [3.8, 4) is 0 Å². The van der Waals surface area contributed by atoms with Gasteiger partial charge in [0.15, 0.2) is 35.7 Å². The van der Waals surface area contributed by atoms with Crippen LogP contribution in [0.15, 0.2) is 22.2 Å². The van der Waals surface area contributed by atoms with Gasteiger partial charge in [-0.15, -0.1) is 0 Å². The Balaban J connectivity index is 1.22. The first-order chi connectivity index (χ1) is 21.7. The summed E-state index contributed by atoms with van der Waals surface area (Å²) in [6.45, 7) is -9.81. The first-order valence-electron chi connectivity index (χ1n) is 13.0. The molecule has 0 saturated carbocycles. The summed E-state index contributed by atoms with van der Waals surface area (Å²) in [6, 6.07) is 0. The molecule has 3 aliphatic heterocycles. The topological polar surface area (TPSA) is 253 Å². The van der Waals surface area contributed by atoms with Gasteiger partial charge < -0.3 is 20.9 Å². The number of hydrogen-bond acceptors (Lipinski definition) is 17. The molecule has 248 valence electrons. The molecule has 26 heteroatoms. The molecule has 10 atom stereocenters. The van der Waals surface area contributed by atoms with Crippen LogP contribution >= 0.6 is 72.0 Å². The van der Waals surface area contributed by atoms with E-state index in [-0.39, 0.29) is 33.3 Å². The molecular formula is C20H21FIN9O10P2S3. The number of nitrogens with zero attached hydrogens (tertiary/aromatic N) is 6. The lowest BCUT2D eigenvalue weighted by Gasteiger charge is -2.26. The molecule has 0 radical (unpaired) electrons. The molecule has 0 amide bonds. The van der Waals surface area contributed by atoms with Gasteiger partial charge in [0.1, 0.15) is 34.9 Å². The average molecular weight is 851 g/mol. The number of rotatable bonds is 2. The molecule has 19 nitrogen and oxygen atoms in total. The standard InChI is InChI=1S/C20H21FIN9O10P2S3/c21-7-10-6(39-17(7)30-4-27-9-13(23)25-3-26-14(9)30)2-37-43(35,45)41-11-8(22)5(1-36-42(34,44)40-10)38-18(11)31-15-12(46-20(31)33)16(32)29-19(24)28-15/h3-8,10-11,17-18H,1-2H2,(H,34,44)(H,35,45)(H2,23,25,26)(H3,24,28,29,32)/t5-,6-,7-,8?,10?,11-,17-,18-,42+,43+/m1/s1. The number of fused-ring (bicyclic) bond motifs is 5. The minimum Gasteiger partial charge on any atom is -0.382 e. The van der Waals surface area contributed by atoms with Crippen molar-refractivity contribution in [3.63, 3.8) is 0 Å². The summed E-state index contributed by atoms with van der Waals surface area (Å²) in [5.41, 5.74) is 11.1. The quantitative estimate of drug-likeness (QED) is 0.0837. The summed E-state index contributed by atoms with van der Waals surface area (Å²) in [5, 5.41) is 0. The summed E-state index contributed by atoms with van der Waals surface area (Å²) in [5.74, 6) is -0.215. The molecule has 0 aromatic carbocycles. The number of anilines is 2. The summed E-state index contributed by atoms with van der Waals surface area (Å²) in [6.07, 6.45) is -7.62. The minimum absolute atomic E-state index is 0.0428. The highest BCUT2D eigenvalue weighted by atomic mass is 127. The maximum absolute atomic E-state index is 16.0. The van der Waals surface area contributed by atoms with E-state index in [1.807, 2.05) is 22.6 Å². The fraction of sp³-hybridized carbons (Fsp3) is 0.500. The van der Waals surface area contributed by atoms with Crippen molar-refractivity contribution in [1.29, 1.82) is 0 Å². The van der Waals surface area contributed by atoms with E-state index in [0.717, 1.165) is 10.9 Å². The Hall–Kier alpha value is -1.70. The molecule has 2 bridgehead atoms.